The van der Waals surface area contributed by atoms with E-state index in [0.717, 1.165) is 55.7 Å². The molecule has 4 N–H and O–H groups in total. The summed E-state index contributed by atoms with van der Waals surface area (Å²) < 4.78 is 5.53. The highest BCUT2D eigenvalue weighted by Crippen LogP contribution is 2.36. The van der Waals surface area contributed by atoms with Crippen molar-refractivity contribution in [2.24, 2.45) is 0 Å². The lowest BCUT2D eigenvalue weighted by Crippen LogP contribution is -2.52. The molecule has 51 heavy (non-hydrogen) atoms. The van der Waals surface area contributed by atoms with Crippen LogP contribution in [0.5, 0.6) is 0 Å². The molecule has 2 aromatic heterocycles. The number of H-pyrrole nitrogens is 1. The van der Waals surface area contributed by atoms with E-state index in [4.69, 9.17) is 4.74 Å². The summed E-state index contributed by atoms with van der Waals surface area (Å²) >= 11 is 0. The van der Waals surface area contributed by atoms with Gasteiger partial charge in [0.15, 0.2) is 5.82 Å². The minimum Gasteiger partial charge on any atom is -0.446 e. The maximum Gasteiger partial charge on any atom is 0.407 e. The quantitative estimate of drug-likeness (QED) is 0.241. The van der Waals surface area contributed by atoms with Crippen molar-refractivity contribution >= 4 is 35.5 Å². The number of hydrogen-bond acceptors (Lipinski definition) is 9. The average Bonchev–Trinajstić information content (AvgIpc) is 3.84. The highest BCUT2D eigenvalue weighted by atomic mass is 16.6. The normalized spacial score (nSPS) is 22.6. The molecule has 1 aromatic carbocycles. The summed E-state index contributed by atoms with van der Waals surface area (Å²) in [5.74, 6) is -0.154. The van der Waals surface area contributed by atoms with E-state index < -0.39 is 18.0 Å². The molecule has 268 valence electrons. The Labute approximate surface area is 296 Å². The van der Waals surface area contributed by atoms with Crippen LogP contribution in [0.4, 0.5) is 10.6 Å². The molecule has 1 unspecified atom stereocenters. The molecule has 3 fully saturated rings. The number of anilines is 1. The third-order valence-electron chi connectivity index (χ3n) is 10.4. The number of piperidine rings is 2. The van der Waals surface area contributed by atoms with Gasteiger partial charge in [-0.15, -0.1) is 0 Å². The molecule has 2 saturated heterocycles. The molecule has 7 rings (SSSR count). The van der Waals surface area contributed by atoms with Crippen molar-refractivity contribution in [3.8, 4) is 0 Å². The highest BCUT2D eigenvalue weighted by molar-refractivity contribution is 6.05. The number of pyridine rings is 1. The van der Waals surface area contributed by atoms with E-state index >= 15 is 0 Å². The lowest BCUT2D eigenvalue weighted by Gasteiger charge is -2.32. The molecular formula is C37H44N8O6. The molecule has 0 spiro atoms. The first-order valence-electron chi connectivity index (χ1n) is 17.9. The molecular weight excluding hydrogens is 652 g/mol. The second kappa shape index (κ2) is 14.6. The van der Waals surface area contributed by atoms with E-state index in [1.165, 1.54) is 5.56 Å². The summed E-state index contributed by atoms with van der Waals surface area (Å²) in [6.07, 6.45) is 5.93. The van der Waals surface area contributed by atoms with Crippen LogP contribution in [0.3, 0.4) is 0 Å². The molecule has 14 heteroatoms. The van der Waals surface area contributed by atoms with E-state index in [1.807, 2.05) is 38.1 Å². The molecule has 1 saturated carbocycles. The molecule has 3 aliphatic heterocycles. The minimum atomic E-state index is -0.611. The van der Waals surface area contributed by atoms with Crippen LogP contribution in [-0.4, -0.2) is 86.0 Å². The number of hydrogen-bond donors (Lipinski definition) is 4. The van der Waals surface area contributed by atoms with Crippen LogP contribution in [0, 0.1) is 0 Å². The van der Waals surface area contributed by atoms with Crippen molar-refractivity contribution < 1.29 is 28.7 Å². The maximum absolute atomic E-state index is 13.1. The number of fused-ring (bicyclic) bond motifs is 1. The minimum absolute atomic E-state index is 0.0207. The zero-order valence-corrected chi connectivity index (χ0v) is 28.9. The Hall–Kier alpha value is -5.11. The third-order valence-corrected chi connectivity index (χ3v) is 10.4. The number of likely N-dealkylation sites (tertiary alicyclic amines) is 1. The largest absolute Gasteiger partial charge is 0.446 e. The second-order valence-corrected chi connectivity index (χ2v) is 14.4. The highest BCUT2D eigenvalue weighted by Gasteiger charge is 2.39. The van der Waals surface area contributed by atoms with Gasteiger partial charge < -0.3 is 20.3 Å². The molecule has 3 aromatic rings. The van der Waals surface area contributed by atoms with Crippen LogP contribution in [0.1, 0.15) is 114 Å². The van der Waals surface area contributed by atoms with Crippen molar-refractivity contribution in [3.05, 3.63) is 76.2 Å². The Kier molecular flexibility index (Phi) is 9.85. The Morgan fingerprint density at radius 1 is 1.00 bits per heavy atom. The van der Waals surface area contributed by atoms with Crippen molar-refractivity contribution in [1.29, 1.82) is 0 Å². The van der Waals surface area contributed by atoms with Crippen molar-refractivity contribution in [2.45, 2.75) is 102 Å². The fourth-order valence-electron chi connectivity index (χ4n) is 7.70. The number of nitrogens with one attached hydrogen (secondary N) is 4. The van der Waals surface area contributed by atoms with Crippen LogP contribution in [0.25, 0.3) is 0 Å². The fourth-order valence-corrected chi connectivity index (χ4v) is 7.70. The van der Waals surface area contributed by atoms with E-state index in [-0.39, 0.29) is 42.2 Å². The number of aromatic amines is 1. The monoisotopic (exact) mass is 696 g/mol. The Morgan fingerprint density at radius 3 is 2.57 bits per heavy atom. The topological polar surface area (TPSA) is 179 Å². The number of imide groups is 1. The predicted octanol–water partition coefficient (Wildman–Crippen LogP) is 3.97. The molecule has 0 radical (unpaired) electrons. The van der Waals surface area contributed by atoms with Crippen LogP contribution in [-0.2, 0) is 27.4 Å². The van der Waals surface area contributed by atoms with E-state index in [2.05, 4.69) is 42.1 Å². The zero-order valence-electron chi connectivity index (χ0n) is 28.9. The number of carbonyl (C=O) groups excluding carboxylic acids is 5. The Bertz CT molecular complexity index is 1820. The number of aromatic nitrogens is 3. The number of amides is 5. The lowest BCUT2D eigenvalue weighted by molar-refractivity contribution is -0.136. The van der Waals surface area contributed by atoms with Crippen molar-refractivity contribution in [1.82, 2.24) is 35.6 Å². The fraction of sp³-hybridized carbons (Fsp3) is 0.486. The van der Waals surface area contributed by atoms with Gasteiger partial charge in [0, 0.05) is 55.0 Å². The molecule has 14 nitrogen and oxygen atoms in total. The molecule has 5 amide bonds. The summed E-state index contributed by atoms with van der Waals surface area (Å²) in [6, 6.07) is 11.0. The van der Waals surface area contributed by atoms with E-state index in [9.17, 15) is 24.0 Å². The van der Waals surface area contributed by atoms with Gasteiger partial charge in [0.25, 0.3) is 11.8 Å². The third kappa shape index (κ3) is 7.80. The molecule has 3 atom stereocenters. The van der Waals surface area contributed by atoms with Crippen LogP contribution < -0.4 is 16.0 Å². The summed E-state index contributed by atoms with van der Waals surface area (Å²) in [7, 11) is 0. The number of rotatable bonds is 9. The first kappa shape index (κ1) is 34.3. The number of ether oxygens (including phenoxy) is 1. The zero-order chi connectivity index (χ0) is 35.6. The van der Waals surface area contributed by atoms with Gasteiger partial charge in [-0.05, 0) is 101 Å². The van der Waals surface area contributed by atoms with Gasteiger partial charge in [0.1, 0.15) is 12.1 Å². The summed E-state index contributed by atoms with van der Waals surface area (Å²) in [5.41, 5.74) is 5.01. The summed E-state index contributed by atoms with van der Waals surface area (Å²) in [6.45, 7) is 6.64. The molecule has 1 aliphatic carbocycles. The van der Waals surface area contributed by atoms with Gasteiger partial charge in [-0.1, -0.05) is 12.1 Å². The SMILES string of the molecule is CC(C)NC(=O)O[C@@H]1CC[C@H](c2cc(NC(=O)c3ccc(CN4CCC(c5ccc6c(c5)CN(C5CCC(=O)NC5=O)C6=O)CC4)nc3)n[nH]2)C1. The van der Waals surface area contributed by atoms with Crippen LogP contribution in [0.2, 0.25) is 0 Å². The van der Waals surface area contributed by atoms with Crippen LogP contribution >= 0.6 is 0 Å². The standard InChI is InChI=1S/C37H44N8O6/c1-21(2)39-37(50)51-28-7-4-24(16-28)30-17-32(43-42-30)40-34(47)25-3-6-27(38-18-25)20-44-13-11-22(12-14-44)23-5-8-29-26(15-23)19-45(36(29)49)31-9-10-33(46)41-35(31)48/h3,5-6,8,15,17-18,21-22,24,28,31H,4,7,9-14,16,19-20H2,1-2H3,(H,39,50)(H,41,46,48)(H2,40,42,43,47)/t24-,28+,31?/m0/s1. The predicted molar refractivity (Wildman–Crippen MR) is 186 cm³/mol. The van der Waals surface area contributed by atoms with Gasteiger partial charge in [-0.3, -0.25) is 39.5 Å². The van der Waals surface area contributed by atoms with Gasteiger partial charge >= 0.3 is 6.09 Å². The number of benzene rings is 1. The summed E-state index contributed by atoms with van der Waals surface area (Å²) in [5, 5.41) is 15.3. The Balaban J connectivity index is 0.866. The number of carbonyl (C=O) groups is 5. The van der Waals surface area contributed by atoms with Gasteiger partial charge in [-0.25, -0.2) is 4.79 Å². The molecule has 5 heterocycles. The van der Waals surface area contributed by atoms with Crippen molar-refractivity contribution in [3.63, 3.8) is 0 Å². The lowest BCUT2D eigenvalue weighted by atomic mass is 9.88. The van der Waals surface area contributed by atoms with Gasteiger partial charge in [-0.2, -0.15) is 5.10 Å². The van der Waals surface area contributed by atoms with E-state index in [1.54, 1.807) is 17.2 Å². The maximum atomic E-state index is 13.1. The average molecular weight is 697 g/mol. The first-order valence-corrected chi connectivity index (χ1v) is 17.9. The molecule has 4 aliphatic rings. The van der Waals surface area contributed by atoms with E-state index in [0.29, 0.717) is 48.8 Å². The smallest absolute Gasteiger partial charge is 0.407 e. The first-order chi connectivity index (χ1) is 24.6. The van der Waals surface area contributed by atoms with Gasteiger partial charge in [0.2, 0.25) is 11.8 Å². The number of alkyl carbamates (subject to hydrolysis) is 1. The Morgan fingerprint density at radius 2 is 1.82 bits per heavy atom. The molecule has 0 bridgehead atoms. The summed E-state index contributed by atoms with van der Waals surface area (Å²) in [4.78, 5) is 70.5. The van der Waals surface area contributed by atoms with Crippen LogP contribution in [0.15, 0.2) is 42.6 Å². The second-order valence-electron chi connectivity index (χ2n) is 14.4. The number of nitrogens with zero attached hydrogens (tertiary/aromatic N) is 4. The van der Waals surface area contributed by atoms with Gasteiger partial charge in [0.05, 0.1) is 11.3 Å². The van der Waals surface area contributed by atoms with Crippen molar-refractivity contribution in [2.75, 3.05) is 18.4 Å².